The largest absolute Gasteiger partial charge is 0.458 e. The van der Waals surface area contributed by atoms with Crippen molar-refractivity contribution >= 4 is 23.2 Å². The van der Waals surface area contributed by atoms with E-state index in [4.69, 9.17) is 11.6 Å². The van der Waals surface area contributed by atoms with E-state index in [2.05, 4.69) is 15.3 Å². The van der Waals surface area contributed by atoms with Crippen LogP contribution in [0.3, 0.4) is 0 Å². The summed E-state index contributed by atoms with van der Waals surface area (Å²) in [6, 6.07) is 12.9. The topological polar surface area (TPSA) is 70.9 Å². The first-order valence-electron chi connectivity index (χ1n) is 7.85. The maximum atomic E-state index is 12.8. The van der Waals surface area contributed by atoms with Crippen LogP contribution in [0.15, 0.2) is 53.7 Å². The molecule has 0 aromatic heterocycles. The first-order valence-corrected chi connectivity index (χ1v) is 8.23. The summed E-state index contributed by atoms with van der Waals surface area (Å²) >= 11 is 5.85. The molecular weight excluding hydrogens is 385 g/mol. The molecule has 0 aliphatic carbocycles. The van der Waals surface area contributed by atoms with Crippen LogP contribution in [0, 0.1) is 0 Å². The number of rotatable bonds is 4. The highest BCUT2D eigenvalue weighted by Gasteiger charge is 2.60. The van der Waals surface area contributed by atoms with Crippen molar-refractivity contribution in [3.8, 4) is 0 Å². The Labute approximate surface area is 157 Å². The summed E-state index contributed by atoms with van der Waals surface area (Å²) in [5, 5.41) is 16.0. The first kappa shape index (κ1) is 19.2. The molecule has 0 saturated carbocycles. The van der Waals surface area contributed by atoms with E-state index in [1.807, 2.05) is 0 Å². The second kappa shape index (κ2) is 7.21. The molecule has 0 saturated heterocycles. The number of benzene rings is 2. The summed E-state index contributed by atoms with van der Waals surface area (Å²) in [5.74, 6) is -3.66. The second-order valence-electron chi connectivity index (χ2n) is 5.98. The van der Waals surface area contributed by atoms with Crippen molar-refractivity contribution in [2.24, 2.45) is 5.16 Å². The molecule has 2 N–H and O–H groups in total. The predicted molar refractivity (Wildman–Crippen MR) is 92.3 cm³/mol. The average molecular weight is 399 g/mol. The predicted octanol–water partition coefficient (Wildman–Crippen LogP) is 3.65. The third-order valence-electron chi connectivity index (χ3n) is 3.96. The third kappa shape index (κ3) is 4.23. The van der Waals surface area contributed by atoms with Gasteiger partial charge in [-0.3, -0.25) is 4.79 Å². The van der Waals surface area contributed by atoms with Crippen LogP contribution in [0.25, 0.3) is 0 Å². The van der Waals surface area contributed by atoms with Gasteiger partial charge in [0.05, 0.1) is 12.1 Å². The van der Waals surface area contributed by atoms with Crippen LogP contribution in [-0.2, 0) is 11.4 Å². The fraction of sp³-hybridized carbons (Fsp3) is 0.222. The molecule has 1 amide bonds. The molecule has 3 rings (SSSR count). The number of aliphatic hydroxyl groups is 1. The van der Waals surface area contributed by atoms with Gasteiger partial charge in [-0.25, -0.2) is 0 Å². The van der Waals surface area contributed by atoms with Crippen molar-refractivity contribution in [3.63, 3.8) is 0 Å². The first-order chi connectivity index (χ1) is 12.7. The number of nitrogens with one attached hydrogen (secondary N) is 1. The number of oxime groups is 1. The minimum absolute atomic E-state index is 0.0298. The number of nitrogens with zero attached hydrogens (tertiary/aromatic N) is 1. The second-order valence-corrected chi connectivity index (χ2v) is 6.42. The van der Waals surface area contributed by atoms with Gasteiger partial charge in [0.2, 0.25) is 0 Å². The number of alkyl halides is 3. The molecule has 0 bridgehead atoms. The third-order valence-corrected chi connectivity index (χ3v) is 4.19. The van der Waals surface area contributed by atoms with E-state index in [-0.39, 0.29) is 18.2 Å². The highest BCUT2D eigenvalue weighted by molar-refractivity contribution is 6.30. The van der Waals surface area contributed by atoms with Crippen molar-refractivity contribution in [3.05, 3.63) is 70.2 Å². The molecule has 1 aliphatic heterocycles. The van der Waals surface area contributed by atoms with E-state index in [0.717, 1.165) is 0 Å². The maximum absolute atomic E-state index is 12.8. The molecule has 1 aliphatic rings. The molecule has 5 nitrogen and oxygen atoms in total. The van der Waals surface area contributed by atoms with Crippen LogP contribution in [0.5, 0.6) is 0 Å². The highest BCUT2D eigenvalue weighted by atomic mass is 35.5. The Morgan fingerprint density at radius 1 is 1.26 bits per heavy atom. The fourth-order valence-corrected chi connectivity index (χ4v) is 2.69. The Balaban J connectivity index is 1.67. The Morgan fingerprint density at radius 2 is 2.00 bits per heavy atom. The molecule has 9 heteroatoms. The molecule has 1 unspecified atom stereocenters. The summed E-state index contributed by atoms with van der Waals surface area (Å²) < 4.78 is 38.4. The highest BCUT2D eigenvalue weighted by Crippen LogP contribution is 2.38. The van der Waals surface area contributed by atoms with Crippen molar-refractivity contribution in [1.29, 1.82) is 0 Å². The van der Waals surface area contributed by atoms with Crippen molar-refractivity contribution in [2.75, 3.05) is 0 Å². The molecule has 0 radical (unpaired) electrons. The molecule has 1 atom stereocenters. The number of amides is 1. The Bertz CT molecular complexity index is 901. The monoisotopic (exact) mass is 398 g/mol. The van der Waals surface area contributed by atoms with Crippen molar-refractivity contribution in [2.45, 2.75) is 24.9 Å². The van der Waals surface area contributed by atoms with Gasteiger partial charge in [-0.1, -0.05) is 41.0 Å². The number of hydrogen-bond acceptors (Lipinski definition) is 4. The summed E-state index contributed by atoms with van der Waals surface area (Å²) in [7, 11) is 0. The SMILES string of the molecule is O=C(NCc1cccc(C2=NOC(O)(C(F)(F)F)C2)c1)c1cccc(Cl)c1. The van der Waals surface area contributed by atoms with Gasteiger partial charge in [0, 0.05) is 17.1 Å². The van der Waals surface area contributed by atoms with Crippen molar-refractivity contribution in [1.82, 2.24) is 5.32 Å². The fourth-order valence-electron chi connectivity index (χ4n) is 2.50. The number of carbonyl (C=O) groups excluding carboxylic acids is 1. The van der Waals surface area contributed by atoms with Crippen LogP contribution in [-0.4, -0.2) is 28.7 Å². The lowest BCUT2D eigenvalue weighted by Gasteiger charge is -2.22. The van der Waals surface area contributed by atoms with E-state index in [1.165, 1.54) is 6.07 Å². The number of hydrogen-bond donors (Lipinski definition) is 2. The molecular formula is C18H14ClF3N2O3. The van der Waals surface area contributed by atoms with E-state index < -0.39 is 18.4 Å². The van der Waals surface area contributed by atoms with Crippen LogP contribution < -0.4 is 5.32 Å². The van der Waals surface area contributed by atoms with E-state index in [0.29, 0.717) is 21.7 Å². The number of halogens is 4. The molecule has 142 valence electrons. The average Bonchev–Trinajstić information content (AvgIpc) is 3.03. The molecule has 2 aromatic rings. The van der Waals surface area contributed by atoms with Crippen LogP contribution in [0.2, 0.25) is 5.02 Å². The minimum Gasteiger partial charge on any atom is -0.350 e. The van der Waals surface area contributed by atoms with Gasteiger partial charge in [0.1, 0.15) is 0 Å². The van der Waals surface area contributed by atoms with Gasteiger partial charge in [0.15, 0.2) is 0 Å². The van der Waals surface area contributed by atoms with Gasteiger partial charge in [-0.2, -0.15) is 13.2 Å². The zero-order valence-corrected chi connectivity index (χ0v) is 14.5. The zero-order chi connectivity index (χ0) is 19.7. The quantitative estimate of drug-likeness (QED) is 0.826. The standard InChI is InChI=1S/C18H14ClF3N2O3/c19-14-6-2-5-13(8-14)16(25)23-10-11-3-1-4-12(7-11)15-9-17(26,27-24-15)18(20,21)22/h1-8,26H,9-10H2,(H,23,25). The summed E-state index contributed by atoms with van der Waals surface area (Å²) in [6.45, 7) is 0.150. The van der Waals surface area contributed by atoms with Crippen LogP contribution >= 0.6 is 11.6 Å². The van der Waals surface area contributed by atoms with Crippen LogP contribution in [0.4, 0.5) is 13.2 Å². The minimum atomic E-state index is -4.96. The van der Waals surface area contributed by atoms with Gasteiger partial charge in [-0.15, -0.1) is 0 Å². The lowest BCUT2D eigenvalue weighted by atomic mass is 10.0. The Hall–Kier alpha value is -2.58. The maximum Gasteiger partial charge on any atom is 0.458 e. The Kier molecular flexibility index (Phi) is 5.12. The smallest absolute Gasteiger partial charge is 0.350 e. The van der Waals surface area contributed by atoms with E-state index in [1.54, 1.807) is 42.5 Å². The summed E-state index contributed by atoms with van der Waals surface area (Å²) in [5.41, 5.74) is 1.37. The molecule has 2 aromatic carbocycles. The zero-order valence-electron chi connectivity index (χ0n) is 13.8. The normalized spacial score (nSPS) is 19.4. The van der Waals surface area contributed by atoms with Crippen LogP contribution in [0.1, 0.15) is 27.9 Å². The van der Waals surface area contributed by atoms with E-state index >= 15 is 0 Å². The number of carbonyl (C=O) groups is 1. The van der Waals surface area contributed by atoms with Gasteiger partial charge < -0.3 is 15.3 Å². The Morgan fingerprint density at radius 3 is 2.67 bits per heavy atom. The van der Waals surface area contributed by atoms with Gasteiger partial charge in [0.25, 0.3) is 5.91 Å². The van der Waals surface area contributed by atoms with Gasteiger partial charge in [-0.05, 0) is 35.4 Å². The van der Waals surface area contributed by atoms with E-state index in [9.17, 15) is 23.1 Å². The lowest BCUT2D eigenvalue weighted by Crippen LogP contribution is -2.45. The molecule has 0 fully saturated rings. The molecule has 1 heterocycles. The summed E-state index contributed by atoms with van der Waals surface area (Å²) in [4.78, 5) is 16.4. The lowest BCUT2D eigenvalue weighted by molar-refractivity contribution is -0.355. The van der Waals surface area contributed by atoms with Crippen molar-refractivity contribution < 1.29 is 27.9 Å². The summed E-state index contributed by atoms with van der Waals surface area (Å²) in [6.07, 6.45) is -5.77. The van der Waals surface area contributed by atoms with Gasteiger partial charge >= 0.3 is 12.0 Å². The molecule has 27 heavy (non-hydrogen) atoms. The molecule has 0 spiro atoms.